The third-order valence-electron chi connectivity index (χ3n) is 3.69. The van der Waals surface area contributed by atoms with Gasteiger partial charge in [-0.1, -0.05) is 6.07 Å². The number of urea groups is 1. The van der Waals surface area contributed by atoms with Crippen LogP contribution < -0.4 is 10.1 Å². The van der Waals surface area contributed by atoms with Crippen molar-refractivity contribution in [3.63, 3.8) is 0 Å². The summed E-state index contributed by atoms with van der Waals surface area (Å²) in [6.07, 6.45) is 1.30. The minimum Gasteiger partial charge on any atom is -0.481 e. The van der Waals surface area contributed by atoms with Crippen molar-refractivity contribution in [3.05, 3.63) is 23.9 Å². The maximum Gasteiger partial charge on any atom is 0.410 e. The summed E-state index contributed by atoms with van der Waals surface area (Å²) in [4.78, 5) is 31.7. The highest BCUT2D eigenvalue weighted by Crippen LogP contribution is 2.14. The van der Waals surface area contributed by atoms with Crippen molar-refractivity contribution in [3.8, 4) is 5.88 Å². The van der Waals surface area contributed by atoms with Crippen molar-refractivity contribution in [2.45, 2.75) is 32.9 Å². The molecule has 25 heavy (non-hydrogen) atoms. The summed E-state index contributed by atoms with van der Waals surface area (Å²) in [5, 5.41) is 2.86. The van der Waals surface area contributed by atoms with Crippen LogP contribution in [0.5, 0.6) is 5.88 Å². The Balaban J connectivity index is 1.80. The second-order valence-corrected chi connectivity index (χ2v) is 6.78. The summed E-state index contributed by atoms with van der Waals surface area (Å²) in [7, 11) is 1.55. The molecule has 0 unspecified atom stereocenters. The molecule has 0 bridgehead atoms. The average Bonchev–Trinajstić information content (AvgIpc) is 2.58. The van der Waals surface area contributed by atoms with E-state index in [1.807, 2.05) is 26.8 Å². The summed E-state index contributed by atoms with van der Waals surface area (Å²) in [6.45, 7) is 7.69. The molecule has 0 radical (unpaired) electrons. The van der Waals surface area contributed by atoms with Crippen molar-refractivity contribution in [2.75, 3.05) is 33.3 Å². The number of hydrogen-bond donors (Lipinski definition) is 1. The van der Waals surface area contributed by atoms with Crippen molar-refractivity contribution >= 4 is 12.1 Å². The number of pyridine rings is 1. The number of hydrogen-bond acceptors (Lipinski definition) is 5. The lowest BCUT2D eigenvalue weighted by molar-refractivity contribution is 0.0170. The predicted molar refractivity (Wildman–Crippen MR) is 92.4 cm³/mol. The fourth-order valence-electron chi connectivity index (χ4n) is 2.44. The molecule has 8 nitrogen and oxygen atoms in total. The normalized spacial score (nSPS) is 14.9. The van der Waals surface area contributed by atoms with Crippen molar-refractivity contribution in [1.82, 2.24) is 20.1 Å². The third-order valence-corrected chi connectivity index (χ3v) is 3.69. The minimum absolute atomic E-state index is 0.172. The molecule has 1 fully saturated rings. The van der Waals surface area contributed by atoms with Crippen LogP contribution in [0.3, 0.4) is 0 Å². The molecule has 0 atom stereocenters. The van der Waals surface area contributed by atoms with Crippen LogP contribution in [0.15, 0.2) is 18.3 Å². The summed E-state index contributed by atoms with van der Waals surface area (Å²) < 4.78 is 10.5. The number of aromatic nitrogens is 1. The van der Waals surface area contributed by atoms with Crippen LogP contribution in [0.2, 0.25) is 0 Å². The van der Waals surface area contributed by atoms with Crippen molar-refractivity contribution < 1.29 is 19.1 Å². The molecule has 0 aromatic carbocycles. The Kier molecular flexibility index (Phi) is 6.06. The first kappa shape index (κ1) is 18.8. The Morgan fingerprint density at radius 1 is 1.20 bits per heavy atom. The first-order valence-electron chi connectivity index (χ1n) is 8.29. The molecule has 1 N–H and O–H groups in total. The highest BCUT2D eigenvalue weighted by Gasteiger charge is 2.27. The maximum absolute atomic E-state index is 12.3. The van der Waals surface area contributed by atoms with E-state index in [9.17, 15) is 9.59 Å². The molecule has 0 spiro atoms. The smallest absolute Gasteiger partial charge is 0.410 e. The van der Waals surface area contributed by atoms with Gasteiger partial charge in [0.1, 0.15) is 5.60 Å². The number of amides is 3. The van der Waals surface area contributed by atoms with Crippen molar-refractivity contribution in [2.24, 2.45) is 0 Å². The minimum atomic E-state index is -0.519. The number of piperazine rings is 1. The van der Waals surface area contributed by atoms with E-state index in [2.05, 4.69) is 10.3 Å². The van der Waals surface area contributed by atoms with E-state index >= 15 is 0 Å². The number of nitrogens with zero attached hydrogens (tertiary/aromatic N) is 3. The first-order chi connectivity index (χ1) is 11.8. The van der Waals surface area contributed by atoms with Gasteiger partial charge in [0.25, 0.3) is 0 Å². The largest absolute Gasteiger partial charge is 0.481 e. The molecule has 1 aliphatic heterocycles. The molecule has 8 heteroatoms. The molecular formula is C17H26N4O4. The molecular weight excluding hydrogens is 324 g/mol. The van der Waals surface area contributed by atoms with Gasteiger partial charge in [0.05, 0.1) is 7.11 Å². The maximum atomic E-state index is 12.3. The topological polar surface area (TPSA) is 84.0 Å². The van der Waals surface area contributed by atoms with Crippen LogP contribution in [0.25, 0.3) is 0 Å². The lowest BCUT2D eigenvalue weighted by Crippen LogP contribution is -2.53. The zero-order chi connectivity index (χ0) is 18.4. The number of rotatable bonds is 3. The fraction of sp³-hybridized carbons (Fsp3) is 0.588. The van der Waals surface area contributed by atoms with Gasteiger partial charge in [-0.05, 0) is 26.8 Å². The SMILES string of the molecule is COc1ncccc1CNC(=O)N1CCN(C(=O)OC(C)(C)C)CC1. The molecule has 2 rings (SSSR count). The zero-order valence-corrected chi connectivity index (χ0v) is 15.2. The van der Waals surface area contributed by atoms with Gasteiger partial charge < -0.3 is 24.6 Å². The van der Waals surface area contributed by atoms with Crippen LogP contribution in [0.1, 0.15) is 26.3 Å². The van der Waals surface area contributed by atoms with Crippen LogP contribution in [-0.4, -0.2) is 65.8 Å². The Bertz CT molecular complexity index is 607. The van der Waals surface area contributed by atoms with E-state index < -0.39 is 5.60 Å². The number of ether oxygens (including phenoxy) is 2. The quantitative estimate of drug-likeness (QED) is 0.899. The van der Waals surface area contributed by atoms with E-state index in [-0.39, 0.29) is 12.1 Å². The van der Waals surface area contributed by atoms with Gasteiger partial charge in [0.15, 0.2) is 0 Å². The molecule has 1 aliphatic rings. The Morgan fingerprint density at radius 3 is 2.44 bits per heavy atom. The monoisotopic (exact) mass is 350 g/mol. The van der Waals surface area contributed by atoms with E-state index in [1.54, 1.807) is 29.2 Å². The van der Waals surface area contributed by atoms with E-state index in [0.29, 0.717) is 38.6 Å². The number of methoxy groups -OCH3 is 1. The van der Waals surface area contributed by atoms with Crippen LogP contribution >= 0.6 is 0 Å². The fourth-order valence-corrected chi connectivity index (χ4v) is 2.44. The molecule has 2 heterocycles. The average molecular weight is 350 g/mol. The third kappa shape index (κ3) is 5.51. The van der Waals surface area contributed by atoms with E-state index in [0.717, 1.165) is 5.56 Å². The second kappa shape index (κ2) is 8.04. The molecule has 1 aromatic heterocycles. The lowest BCUT2D eigenvalue weighted by atomic mass is 10.2. The number of nitrogens with one attached hydrogen (secondary N) is 1. The highest BCUT2D eigenvalue weighted by molar-refractivity contribution is 5.75. The number of carbonyl (C=O) groups is 2. The predicted octanol–water partition coefficient (Wildman–Crippen LogP) is 1.85. The zero-order valence-electron chi connectivity index (χ0n) is 15.2. The summed E-state index contributed by atoms with van der Waals surface area (Å²) in [6, 6.07) is 3.48. The number of carbonyl (C=O) groups excluding carboxylic acids is 2. The standard InChI is InChI=1S/C17H26N4O4/c1-17(2,3)25-16(23)21-10-8-20(9-11-21)15(22)19-12-13-6-5-7-18-14(13)24-4/h5-7H,8-12H2,1-4H3,(H,19,22). The molecule has 0 aliphatic carbocycles. The first-order valence-corrected chi connectivity index (χ1v) is 8.29. The summed E-state index contributed by atoms with van der Waals surface area (Å²) >= 11 is 0. The van der Waals surface area contributed by atoms with E-state index in [1.165, 1.54) is 0 Å². The Hall–Kier alpha value is -2.51. The molecule has 1 saturated heterocycles. The van der Waals surface area contributed by atoms with Gasteiger partial charge in [-0.2, -0.15) is 0 Å². The van der Waals surface area contributed by atoms with Gasteiger partial charge >= 0.3 is 12.1 Å². The second-order valence-electron chi connectivity index (χ2n) is 6.78. The van der Waals surface area contributed by atoms with Crippen molar-refractivity contribution in [1.29, 1.82) is 0 Å². The lowest BCUT2D eigenvalue weighted by Gasteiger charge is -2.35. The molecule has 138 valence electrons. The van der Waals surface area contributed by atoms with Crippen LogP contribution in [0.4, 0.5) is 9.59 Å². The van der Waals surface area contributed by atoms with Gasteiger partial charge in [-0.25, -0.2) is 14.6 Å². The summed E-state index contributed by atoms with van der Waals surface area (Å²) in [5.74, 6) is 0.498. The van der Waals surface area contributed by atoms with Gasteiger partial charge in [-0.15, -0.1) is 0 Å². The van der Waals surface area contributed by atoms with Gasteiger partial charge in [0.2, 0.25) is 5.88 Å². The Morgan fingerprint density at radius 2 is 1.84 bits per heavy atom. The highest BCUT2D eigenvalue weighted by atomic mass is 16.6. The van der Waals surface area contributed by atoms with Gasteiger partial charge in [-0.3, -0.25) is 0 Å². The van der Waals surface area contributed by atoms with Gasteiger partial charge in [0, 0.05) is 44.5 Å². The van der Waals surface area contributed by atoms with E-state index in [4.69, 9.17) is 9.47 Å². The van der Waals surface area contributed by atoms with Crippen LogP contribution in [0, 0.1) is 0 Å². The van der Waals surface area contributed by atoms with Crippen LogP contribution in [-0.2, 0) is 11.3 Å². The molecule has 1 aromatic rings. The molecule has 3 amide bonds. The molecule has 0 saturated carbocycles. The Labute approximate surface area is 148 Å². The summed E-state index contributed by atoms with van der Waals surface area (Å²) in [5.41, 5.74) is 0.291.